The highest BCUT2D eigenvalue weighted by molar-refractivity contribution is 5.75. The van der Waals surface area contributed by atoms with Crippen molar-refractivity contribution in [3.8, 4) is 17.1 Å². The molecule has 0 aliphatic rings. The molecular formula is C18H14F2N4O2. The molecule has 0 spiro atoms. The van der Waals surface area contributed by atoms with E-state index in [9.17, 15) is 8.78 Å². The summed E-state index contributed by atoms with van der Waals surface area (Å²) in [5, 5.41) is 8.28. The first-order valence-electron chi connectivity index (χ1n) is 7.98. The summed E-state index contributed by atoms with van der Waals surface area (Å²) in [4.78, 5) is 4.42. The van der Waals surface area contributed by atoms with Crippen molar-refractivity contribution in [3.05, 3.63) is 66.3 Å². The number of halogens is 2. The van der Waals surface area contributed by atoms with Crippen molar-refractivity contribution in [3.63, 3.8) is 0 Å². The van der Waals surface area contributed by atoms with E-state index < -0.39 is 6.61 Å². The fraction of sp³-hybridized carbons (Fsp3) is 0.167. The number of fused-ring (bicyclic) bond motifs is 1. The number of aryl methyl sites for hydroxylation is 2. The van der Waals surface area contributed by atoms with E-state index in [1.165, 1.54) is 12.1 Å². The minimum atomic E-state index is -2.82. The van der Waals surface area contributed by atoms with E-state index in [1.807, 2.05) is 24.4 Å². The van der Waals surface area contributed by atoms with Crippen molar-refractivity contribution < 1.29 is 18.0 Å². The standard InChI is InChI=1S/C18H14F2N4O2/c19-18(20)25-13-7-4-12(5-8-13)6-9-16-22-17(23-26-16)14-11-21-24-10-2-1-3-15(14)24/h1-5,7-8,10-11,18H,6,9H2. The van der Waals surface area contributed by atoms with Crippen LogP contribution in [-0.2, 0) is 12.8 Å². The van der Waals surface area contributed by atoms with Crippen LogP contribution in [0.15, 0.2) is 59.4 Å². The number of pyridine rings is 1. The van der Waals surface area contributed by atoms with Crippen LogP contribution in [0.1, 0.15) is 11.5 Å². The van der Waals surface area contributed by atoms with Crippen molar-refractivity contribution in [1.82, 2.24) is 19.8 Å². The summed E-state index contributed by atoms with van der Waals surface area (Å²) >= 11 is 0. The Labute approximate surface area is 147 Å². The topological polar surface area (TPSA) is 65.5 Å². The number of alkyl halides is 2. The molecule has 3 heterocycles. The van der Waals surface area contributed by atoms with Crippen LogP contribution in [0.5, 0.6) is 5.75 Å². The molecule has 0 aliphatic heterocycles. The molecule has 0 fully saturated rings. The van der Waals surface area contributed by atoms with Crippen molar-refractivity contribution in [1.29, 1.82) is 0 Å². The molecule has 0 saturated heterocycles. The third kappa shape index (κ3) is 3.39. The van der Waals surface area contributed by atoms with Crippen molar-refractivity contribution >= 4 is 5.52 Å². The second kappa shape index (κ2) is 6.91. The molecule has 4 rings (SSSR count). The van der Waals surface area contributed by atoms with Crippen molar-refractivity contribution in [2.24, 2.45) is 0 Å². The summed E-state index contributed by atoms with van der Waals surface area (Å²) < 4.78 is 35.7. The second-order valence-electron chi connectivity index (χ2n) is 5.62. The van der Waals surface area contributed by atoms with E-state index in [-0.39, 0.29) is 5.75 Å². The van der Waals surface area contributed by atoms with Crippen LogP contribution in [0.2, 0.25) is 0 Å². The van der Waals surface area contributed by atoms with Crippen molar-refractivity contribution in [2.75, 3.05) is 0 Å². The summed E-state index contributed by atoms with van der Waals surface area (Å²) in [6.07, 6.45) is 4.74. The maximum atomic E-state index is 12.2. The molecule has 26 heavy (non-hydrogen) atoms. The third-order valence-electron chi connectivity index (χ3n) is 3.91. The van der Waals surface area contributed by atoms with Gasteiger partial charge in [-0.1, -0.05) is 23.4 Å². The molecule has 132 valence electrons. The van der Waals surface area contributed by atoms with E-state index in [1.54, 1.807) is 22.8 Å². The number of ether oxygens (including phenoxy) is 1. The van der Waals surface area contributed by atoms with Gasteiger partial charge >= 0.3 is 6.61 Å². The summed E-state index contributed by atoms with van der Waals surface area (Å²) in [5.74, 6) is 1.13. The maximum absolute atomic E-state index is 12.2. The summed E-state index contributed by atoms with van der Waals surface area (Å²) in [5.41, 5.74) is 2.66. The Balaban J connectivity index is 1.44. The Morgan fingerprint density at radius 2 is 1.92 bits per heavy atom. The monoisotopic (exact) mass is 356 g/mol. The Morgan fingerprint density at radius 3 is 2.73 bits per heavy atom. The fourth-order valence-corrected chi connectivity index (χ4v) is 2.66. The molecule has 0 atom stereocenters. The third-order valence-corrected chi connectivity index (χ3v) is 3.91. The normalized spacial score (nSPS) is 11.3. The average Bonchev–Trinajstić information content (AvgIpc) is 3.27. The Bertz CT molecular complexity index is 1010. The lowest BCUT2D eigenvalue weighted by atomic mass is 10.1. The summed E-state index contributed by atoms with van der Waals surface area (Å²) in [6, 6.07) is 12.2. The molecule has 0 aliphatic carbocycles. The van der Waals surface area contributed by atoms with Gasteiger partial charge < -0.3 is 9.26 Å². The van der Waals surface area contributed by atoms with Crippen LogP contribution < -0.4 is 4.74 Å². The van der Waals surface area contributed by atoms with Crippen LogP contribution in [0.3, 0.4) is 0 Å². The zero-order valence-electron chi connectivity index (χ0n) is 13.5. The molecule has 0 bridgehead atoms. The molecule has 0 saturated carbocycles. The van der Waals surface area contributed by atoms with Crippen molar-refractivity contribution in [2.45, 2.75) is 19.5 Å². The lowest BCUT2D eigenvalue weighted by Crippen LogP contribution is -2.01. The van der Waals surface area contributed by atoms with Crippen LogP contribution in [0.4, 0.5) is 8.78 Å². The van der Waals surface area contributed by atoms with Gasteiger partial charge in [0, 0.05) is 12.6 Å². The van der Waals surface area contributed by atoms with Crippen LogP contribution >= 0.6 is 0 Å². The maximum Gasteiger partial charge on any atom is 0.387 e. The van der Waals surface area contributed by atoms with Gasteiger partial charge in [0.2, 0.25) is 11.7 Å². The number of hydrogen-bond donors (Lipinski definition) is 0. The van der Waals surface area contributed by atoms with E-state index in [0.29, 0.717) is 24.6 Å². The summed E-state index contributed by atoms with van der Waals surface area (Å²) in [7, 11) is 0. The van der Waals surface area contributed by atoms with Crippen LogP contribution in [0, 0.1) is 0 Å². The minimum Gasteiger partial charge on any atom is -0.435 e. The molecule has 8 heteroatoms. The molecule has 6 nitrogen and oxygen atoms in total. The first-order chi connectivity index (χ1) is 12.7. The SMILES string of the molecule is FC(F)Oc1ccc(CCc2nc(-c3cnn4ccccc34)no2)cc1. The quantitative estimate of drug-likeness (QED) is 0.526. The van der Waals surface area contributed by atoms with Gasteiger partial charge in [-0.05, 0) is 36.2 Å². The number of rotatable bonds is 6. The predicted molar refractivity (Wildman–Crippen MR) is 89.0 cm³/mol. The minimum absolute atomic E-state index is 0.136. The molecular weight excluding hydrogens is 342 g/mol. The molecule has 0 unspecified atom stereocenters. The predicted octanol–water partition coefficient (Wildman–Crippen LogP) is 3.77. The highest BCUT2D eigenvalue weighted by Crippen LogP contribution is 2.22. The smallest absolute Gasteiger partial charge is 0.387 e. The van der Waals surface area contributed by atoms with Gasteiger partial charge in [0.1, 0.15) is 5.75 Å². The zero-order chi connectivity index (χ0) is 17.9. The molecule has 1 aromatic carbocycles. The molecule has 3 aromatic heterocycles. The number of aromatic nitrogens is 4. The highest BCUT2D eigenvalue weighted by Gasteiger charge is 2.13. The van der Waals surface area contributed by atoms with Gasteiger partial charge in [-0.2, -0.15) is 18.9 Å². The van der Waals surface area contributed by atoms with E-state index in [2.05, 4.69) is 20.0 Å². The van der Waals surface area contributed by atoms with E-state index >= 15 is 0 Å². The number of hydrogen-bond acceptors (Lipinski definition) is 5. The van der Waals surface area contributed by atoms with Gasteiger partial charge in [0.15, 0.2) is 0 Å². The van der Waals surface area contributed by atoms with Gasteiger partial charge in [0.25, 0.3) is 0 Å². The first kappa shape index (κ1) is 16.2. The van der Waals surface area contributed by atoms with Crippen LogP contribution in [0.25, 0.3) is 16.9 Å². The lowest BCUT2D eigenvalue weighted by Gasteiger charge is -2.04. The highest BCUT2D eigenvalue weighted by atomic mass is 19.3. The second-order valence-corrected chi connectivity index (χ2v) is 5.62. The number of benzene rings is 1. The number of nitrogens with zero attached hydrogens (tertiary/aromatic N) is 4. The fourth-order valence-electron chi connectivity index (χ4n) is 2.66. The van der Waals surface area contributed by atoms with E-state index in [4.69, 9.17) is 4.52 Å². The molecule has 0 N–H and O–H groups in total. The first-order valence-corrected chi connectivity index (χ1v) is 7.98. The van der Waals surface area contributed by atoms with Gasteiger partial charge in [-0.15, -0.1) is 0 Å². The Morgan fingerprint density at radius 1 is 1.08 bits per heavy atom. The molecule has 0 amide bonds. The van der Waals surface area contributed by atoms with Gasteiger partial charge in [-0.3, -0.25) is 0 Å². The van der Waals surface area contributed by atoms with E-state index in [0.717, 1.165) is 16.6 Å². The lowest BCUT2D eigenvalue weighted by molar-refractivity contribution is -0.0498. The average molecular weight is 356 g/mol. The molecule has 0 radical (unpaired) electrons. The molecule has 4 aromatic rings. The largest absolute Gasteiger partial charge is 0.435 e. The van der Waals surface area contributed by atoms with Gasteiger partial charge in [-0.25, -0.2) is 4.52 Å². The summed E-state index contributed by atoms with van der Waals surface area (Å²) in [6.45, 7) is -2.82. The van der Waals surface area contributed by atoms with Crippen LogP contribution in [-0.4, -0.2) is 26.4 Å². The Kier molecular flexibility index (Phi) is 4.30. The van der Waals surface area contributed by atoms with Gasteiger partial charge in [0.05, 0.1) is 17.3 Å². The Hall–Kier alpha value is -3.29. The zero-order valence-corrected chi connectivity index (χ0v) is 13.5.